The maximum atomic E-state index is 12.0. The Hall–Kier alpha value is -3.21. The van der Waals surface area contributed by atoms with Gasteiger partial charge in [0.05, 0.1) is 0 Å². The van der Waals surface area contributed by atoms with E-state index in [0.717, 1.165) is 24.0 Å². The largest absolute Gasteiger partial charge is 0.424 e. The van der Waals surface area contributed by atoms with E-state index in [2.05, 4.69) is 41.3 Å². The average molecular weight is 361 g/mol. The molecule has 0 aliphatic rings. The Kier molecular flexibility index (Phi) is 6.15. The van der Waals surface area contributed by atoms with Gasteiger partial charge in [-0.05, 0) is 43.2 Å². The highest BCUT2D eigenvalue weighted by atomic mass is 16.5. The normalized spacial score (nSPS) is 10.4. The van der Waals surface area contributed by atoms with Crippen molar-refractivity contribution in [3.05, 3.63) is 72.1 Å². The highest BCUT2D eigenvalue weighted by Gasteiger charge is 2.07. The van der Waals surface area contributed by atoms with Crippen molar-refractivity contribution in [3.63, 3.8) is 0 Å². The van der Waals surface area contributed by atoms with Gasteiger partial charge in [-0.25, -0.2) is 9.97 Å². The summed E-state index contributed by atoms with van der Waals surface area (Å²) in [6, 6.07) is 15.4. The van der Waals surface area contributed by atoms with Crippen LogP contribution in [0.3, 0.4) is 0 Å². The second-order valence-electron chi connectivity index (χ2n) is 6.36. The molecule has 138 valence electrons. The number of carbonyl (C=O) groups is 1. The molecule has 0 bridgehead atoms. The molecule has 0 radical (unpaired) electrons. The summed E-state index contributed by atoms with van der Waals surface area (Å²) < 4.78 is 5.67. The van der Waals surface area contributed by atoms with Crippen LogP contribution in [0.2, 0.25) is 0 Å². The first-order valence-corrected chi connectivity index (χ1v) is 9.11. The lowest BCUT2D eigenvalue weighted by molar-refractivity contribution is 0.0953. The molecule has 0 fully saturated rings. The van der Waals surface area contributed by atoms with Crippen molar-refractivity contribution in [3.8, 4) is 22.9 Å². The lowest BCUT2D eigenvalue weighted by Gasteiger charge is -2.07. The number of hydrogen-bond acceptors (Lipinski definition) is 4. The number of aryl methyl sites for hydroxylation is 1. The first-order chi connectivity index (χ1) is 13.2. The summed E-state index contributed by atoms with van der Waals surface area (Å²) in [4.78, 5) is 20.5. The van der Waals surface area contributed by atoms with Crippen molar-refractivity contribution in [2.24, 2.45) is 0 Å². The molecule has 1 heterocycles. The van der Waals surface area contributed by atoms with Crippen LogP contribution in [0, 0.1) is 6.92 Å². The minimum Gasteiger partial charge on any atom is -0.424 e. The van der Waals surface area contributed by atoms with Gasteiger partial charge in [0.2, 0.25) is 0 Å². The molecular weight excluding hydrogens is 338 g/mol. The number of nitrogens with one attached hydrogen (secondary N) is 1. The third-order valence-electron chi connectivity index (χ3n) is 4.15. The van der Waals surface area contributed by atoms with Gasteiger partial charge in [0.15, 0.2) is 0 Å². The minimum atomic E-state index is -0.0753. The van der Waals surface area contributed by atoms with E-state index in [4.69, 9.17) is 4.74 Å². The van der Waals surface area contributed by atoms with Gasteiger partial charge in [-0.1, -0.05) is 43.2 Å². The van der Waals surface area contributed by atoms with E-state index >= 15 is 0 Å². The van der Waals surface area contributed by atoms with Gasteiger partial charge in [-0.3, -0.25) is 4.79 Å². The molecule has 0 spiro atoms. The van der Waals surface area contributed by atoms with Crippen LogP contribution in [-0.4, -0.2) is 22.4 Å². The number of benzene rings is 2. The van der Waals surface area contributed by atoms with Crippen LogP contribution < -0.4 is 10.1 Å². The van der Waals surface area contributed by atoms with E-state index in [-0.39, 0.29) is 11.9 Å². The van der Waals surface area contributed by atoms with Gasteiger partial charge in [0.1, 0.15) is 5.75 Å². The molecule has 5 heteroatoms. The quantitative estimate of drug-likeness (QED) is 0.616. The van der Waals surface area contributed by atoms with Gasteiger partial charge in [0, 0.05) is 30.1 Å². The SMILES string of the molecule is CCCCNC(=O)c1ccc(Oc2ncc(-c3ccc(C)cc3)cn2)cc1. The summed E-state index contributed by atoms with van der Waals surface area (Å²) in [6.07, 6.45) is 5.50. The summed E-state index contributed by atoms with van der Waals surface area (Å²) in [5.74, 6) is 0.511. The molecule has 0 aliphatic carbocycles. The topological polar surface area (TPSA) is 64.1 Å². The Morgan fingerprint density at radius 2 is 1.63 bits per heavy atom. The fourth-order valence-electron chi connectivity index (χ4n) is 2.52. The van der Waals surface area contributed by atoms with Crippen molar-refractivity contribution in [2.45, 2.75) is 26.7 Å². The highest BCUT2D eigenvalue weighted by molar-refractivity contribution is 5.94. The lowest BCUT2D eigenvalue weighted by Crippen LogP contribution is -2.24. The fourth-order valence-corrected chi connectivity index (χ4v) is 2.52. The summed E-state index contributed by atoms with van der Waals surface area (Å²) in [7, 11) is 0. The molecule has 0 atom stereocenters. The first kappa shape index (κ1) is 18.6. The molecule has 27 heavy (non-hydrogen) atoms. The van der Waals surface area contributed by atoms with Gasteiger partial charge in [0.25, 0.3) is 5.91 Å². The molecule has 1 N–H and O–H groups in total. The minimum absolute atomic E-state index is 0.0753. The molecule has 1 aromatic heterocycles. The summed E-state index contributed by atoms with van der Waals surface area (Å²) in [5, 5.41) is 2.89. The molecular formula is C22H23N3O2. The predicted octanol–water partition coefficient (Wildman–Crippen LogP) is 4.77. The number of aromatic nitrogens is 2. The van der Waals surface area contributed by atoms with Crippen LogP contribution >= 0.6 is 0 Å². The van der Waals surface area contributed by atoms with Crippen LogP contribution in [0.5, 0.6) is 11.8 Å². The van der Waals surface area contributed by atoms with E-state index in [0.29, 0.717) is 17.9 Å². The monoisotopic (exact) mass is 361 g/mol. The average Bonchev–Trinajstić information content (AvgIpc) is 2.70. The summed E-state index contributed by atoms with van der Waals surface area (Å²) in [6.45, 7) is 4.83. The second-order valence-corrected chi connectivity index (χ2v) is 6.36. The zero-order valence-corrected chi connectivity index (χ0v) is 15.6. The molecule has 0 saturated carbocycles. The van der Waals surface area contributed by atoms with E-state index in [1.54, 1.807) is 36.7 Å². The van der Waals surface area contributed by atoms with Crippen molar-refractivity contribution in [1.29, 1.82) is 0 Å². The number of unbranched alkanes of at least 4 members (excludes halogenated alkanes) is 1. The Bertz CT molecular complexity index is 873. The number of nitrogens with zero attached hydrogens (tertiary/aromatic N) is 2. The van der Waals surface area contributed by atoms with Crippen molar-refractivity contribution in [2.75, 3.05) is 6.54 Å². The van der Waals surface area contributed by atoms with Gasteiger partial charge >= 0.3 is 6.01 Å². The maximum Gasteiger partial charge on any atom is 0.321 e. The predicted molar refractivity (Wildman–Crippen MR) is 106 cm³/mol. The zero-order valence-electron chi connectivity index (χ0n) is 15.6. The molecule has 1 amide bonds. The van der Waals surface area contributed by atoms with E-state index in [9.17, 15) is 4.79 Å². The lowest BCUT2D eigenvalue weighted by atomic mass is 10.1. The fraction of sp³-hybridized carbons (Fsp3) is 0.227. The van der Waals surface area contributed by atoms with Crippen molar-refractivity contribution < 1.29 is 9.53 Å². The van der Waals surface area contributed by atoms with Gasteiger partial charge in [-0.15, -0.1) is 0 Å². The number of amides is 1. The van der Waals surface area contributed by atoms with Crippen LogP contribution in [0.1, 0.15) is 35.7 Å². The summed E-state index contributed by atoms with van der Waals surface area (Å²) >= 11 is 0. The Morgan fingerprint density at radius 3 is 2.26 bits per heavy atom. The summed E-state index contributed by atoms with van der Waals surface area (Å²) in [5.41, 5.74) is 3.81. The zero-order chi connectivity index (χ0) is 19.1. The number of ether oxygens (including phenoxy) is 1. The third-order valence-corrected chi connectivity index (χ3v) is 4.15. The van der Waals surface area contributed by atoms with Gasteiger partial charge in [-0.2, -0.15) is 0 Å². The molecule has 3 aromatic rings. The number of hydrogen-bond donors (Lipinski definition) is 1. The van der Waals surface area contributed by atoms with Crippen LogP contribution in [0.4, 0.5) is 0 Å². The highest BCUT2D eigenvalue weighted by Crippen LogP contribution is 2.22. The molecule has 3 rings (SSSR count). The number of carbonyl (C=O) groups excluding carboxylic acids is 1. The first-order valence-electron chi connectivity index (χ1n) is 9.11. The van der Waals surface area contributed by atoms with E-state index in [1.165, 1.54) is 5.56 Å². The Morgan fingerprint density at radius 1 is 0.963 bits per heavy atom. The van der Waals surface area contributed by atoms with Crippen molar-refractivity contribution in [1.82, 2.24) is 15.3 Å². The van der Waals surface area contributed by atoms with E-state index < -0.39 is 0 Å². The Balaban J connectivity index is 1.61. The van der Waals surface area contributed by atoms with E-state index in [1.807, 2.05) is 12.1 Å². The second kappa shape index (κ2) is 8.94. The maximum absolute atomic E-state index is 12.0. The molecule has 2 aromatic carbocycles. The van der Waals surface area contributed by atoms with Crippen molar-refractivity contribution >= 4 is 5.91 Å². The third kappa shape index (κ3) is 5.14. The molecule has 5 nitrogen and oxygen atoms in total. The standard InChI is InChI=1S/C22H23N3O2/c1-3-4-13-23-21(26)18-9-11-20(12-10-18)27-22-24-14-19(15-25-22)17-7-5-16(2)6-8-17/h5-12,14-15H,3-4,13H2,1-2H3,(H,23,26). The Labute approximate surface area is 159 Å². The molecule has 0 aliphatic heterocycles. The number of rotatable bonds is 7. The van der Waals surface area contributed by atoms with Crippen LogP contribution in [0.15, 0.2) is 60.9 Å². The molecule has 0 saturated heterocycles. The van der Waals surface area contributed by atoms with Crippen LogP contribution in [-0.2, 0) is 0 Å². The van der Waals surface area contributed by atoms with Crippen LogP contribution in [0.25, 0.3) is 11.1 Å². The smallest absolute Gasteiger partial charge is 0.321 e. The molecule has 0 unspecified atom stereocenters. The van der Waals surface area contributed by atoms with Gasteiger partial charge < -0.3 is 10.1 Å².